The Balaban J connectivity index is 2.94. The number of nitrogens with zero attached hydrogens (tertiary/aromatic N) is 1. The molecule has 1 atom stereocenters. The van der Waals surface area contributed by atoms with Crippen LogP contribution in [0.4, 0.5) is 0 Å². The minimum atomic E-state index is -0.427. The van der Waals surface area contributed by atoms with Crippen molar-refractivity contribution >= 4 is 26.3 Å². The Morgan fingerprint density at radius 3 is 2.20 bits per heavy atom. The van der Waals surface area contributed by atoms with Crippen LogP contribution in [-0.2, 0) is 0 Å². The van der Waals surface area contributed by atoms with Gasteiger partial charge in [-0.25, -0.2) is 0 Å². The van der Waals surface area contributed by atoms with Crippen LogP contribution in [0.2, 0.25) is 6.55 Å². The molecule has 0 saturated carbocycles. The highest BCUT2D eigenvalue weighted by Crippen LogP contribution is 1.52. The van der Waals surface area contributed by atoms with Crippen molar-refractivity contribution in [2.75, 3.05) is 0 Å². The molecule has 0 fully saturated rings. The summed E-state index contributed by atoms with van der Waals surface area (Å²) in [4.78, 5) is 8.27. The Labute approximate surface area is 38.4 Å². The van der Waals surface area contributed by atoms with Crippen LogP contribution < -0.4 is 0 Å². The Bertz CT molecular complexity index is 52.4. The number of hydrogen-bond acceptors (Lipinski definition) is 1. The molecule has 0 aromatic carbocycles. The zero-order valence-corrected chi connectivity index (χ0v) is 7.68. The summed E-state index contributed by atoms with van der Waals surface area (Å²) in [6, 6.07) is 0. The van der Waals surface area contributed by atoms with Gasteiger partial charge in [-0.15, -0.1) is 0 Å². The van der Waals surface area contributed by atoms with Gasteiger partial charge in [-0.05, 0) is 0 Å². The molecule has 0 heterocycles. The van der Waals surface area contributed by atoms with Crippen molar-refractivity contribution in [3.8, 4) is 0 Å². The average Bonchev–Trinajstić information content (AvgIpc) is 1.38. The second-order valence-electron chi connectivity index (χ2n) is 1.28. The lowest BCUT2D eigenvalue weighted by molar-refractivity contribution is 1.64. The Morgan fingerprint density at radius 2 is 2.20 bits per heavy atom. The van der Waals surface area contributed by atoms with Gasteiger partial charge in [0.25, 0.3) is 0 Å². The molecular weight excluding hydrogens is 110 g/mol. The molecule has 0 aliphatic carbocycles. The molecule has 0 N–H and O–H groups in total. The van der Waals surface area contributed by atoms with Crippen molar-refractivity contribution in [1.29, 1.82) is 4.89 Å². The predicted octanol–water partition coefficient (Wildman–Crippen LogP) is -1.61. The molecule has 0 aromatic heterocycles. The summed E-state index contributed by atoms with van der Waals surface area (Å²) >= 11 is 0. The van der Waals surface area contributed by atoms with E-state index in [1.807, 2.05) is 0 Å². The Hall–Kier alpha value is 0.361. The van der Waals surface area contributed by atoms with E-state index in [0.29, 0.717) is 8.67 Å². The third kappa shape index (κ3) is 4.36. The van der Waals surface area contributed by atoms with Gasteiger partial charge in [-0.2, -0.15) is 0 Å². The maximum absolute atomic E-state index is 8.27. The van der Waals surface area contributed by atoms with E-state index in [1.54, 1.807) is 0 Å². The molecule has 0 aliphatic rings. The highest BCUT2D eigenvalue weighted by Gasteiger charge is 1.84. The monoisotopic (exact) mass is 117 g/mol. The molecule has 0 amide bonds. The van der Waals surface area contributed by atoms with Gasteiger partial charge in [-0.3, -0.25) is 4.89 Å². The summed E-state index contributed by atoms with van der Waals surface area (Å²) in [5.74, 6) is 0. The molecule has 0 rings (SSSR count). The summed E-state index contributed by atoms with van der Waals surface area (Å²) in [5.41, 5.74) is 0. The zero-order chi connectivity index (χ0) is 4.28. The van der Waals surface area contributed by atoms with Crippen molar-refractivity contribution in [3.63, 3.8) is 0 Å². The summed E-state index contributed by atoms with van der Waals surface area (Å²) < 4.78 is 0. The van der Waals surface area contributed by atoms with Crippen LogP contribution >= 0.6 is 0 Å². The van der Waals surface area contributed by atoms with Gasteiger partial charge >= 0.3 is 0 Å². The topological polar surface area (TPSA) is 23.8 Å². The van der Waals surface area contributed by atoms with Crippen molar-refractivity contribution in [2.45, 2.75) is 6.55 Å². The molecule has 0 saturated heterocycles. The van der Waals surface area contributed by atoms with Crippen molar-refractivity contribution in [3.05, 3.63) is 0 Å². The molecule has 1 unspecified atom stereocenters. The van der Waals surface area contributed by atoms with E-state index in [0.717, 1.165) is 0 Å². The number of rotatable bonds is 0. The fourth-order valence-electron chi connectivity index (χ4n) is 0. The van der Waals surface area contributed by atoms with Gasteiger partial charge in [-0.1, -0.05) is 6.55 Å². The molecule has 0 bridgehead atoms. The quantitative estimate of drug-likeness (QED) is 0.350. The minimum absolute atomic E-state index is 0.315. The standard InChI is InChI=1S/CH7NSi3/c1-5(3)4-2/h5H,1,3H3. The first kappa shape index (κ1) is 5.36. The molecule has 4 heteroatoms. The molecule has 28 valence electrons. The summed E-state index contributed by atoms with van der Waals surface area (Å²) in [6.07, 6.45) is 0. The maximum Gasteiger partial charge on any atom is 0.154 e. The van der Waals surface area contributed by atoms with Crippen molar-refractivity contribution < 1.29 is 0 Å². The Morgan fingerprint density at radius 1 is 2.00 bits per heavy atom. The first-order valence-electron chi connectivity index (χ1n) is 1.67. The molecule has 0 aliphatic heterocycles. The van der Waals surface area contributed by atoms with E-state index in [9.17, 15) is 0 Å². The van der Waals surface area contributed by atoms with Crippen LogP contribution in [0.25, 0.3) is 0 Å². The second-order valence-corrected chi connectivity index (χ2v) is 16.8. The molecule has 0 spiro atoms. The van der Waals surface area contributed by atoms with E-state index in [-0.39, 0.29) is 0 Å². The van der Waals surface area contributed by atoms with Crippen molar-refractivity contribution in [1.82, 2.24) is 0 Å². The zero-order valence-electron chi connectivity index (χ0n) is 3.52. The van der Waals surface area contributed by atoms with Crippen LogP contribution in [-0.4, -0.2) is 26.3 Å². The summed E-state index contributed by atoms with van der Waals surface area (Å²) in [5, 5.41) is 0. The van der Waals surface area contributed by atoms with Gasteiger partial charge in [0.2, 0.25) is 0 Å². The van der Waals surface area contributed by atoms with Crippen LogP contribution in [0.15, 0.2) is 0 Å². The maximum atomic E-state index is 8.27. The van der Waals surface area contributed by atoms with Gasteiger partial charge in [0.05, 0.1) is 0 Å². The Kier molecular flexibility index (Phi) is 2.78. The third-order valence-corrected chi connectivity index (χ3v) is 4.65. The van der Waals surface area contributed by atoms with E-state index in [2.05, 4.69) is 6.55 Å². The summed E-state index contributed by atoms with van der Waals surface area (Å²) in [6.45, 7) is 2.19. The van der Waals surface area contributed by atoms with Crippen LogP contribution in [0, 0.1) is 4.89 Å². The largest absolute Gasteiger partial charge is 0.292 e. The minimum Gasteiger partial charge on any atom is -0.292 e. The van der Waals surface area contributed by atoms with Crippen LogP contribution in [0.3, 0.4) is 0 Å². The third-order valence-electron chi connectivity index (χ3n) is 0.258. The fraction of sp³-hybridized carbons (Fsp3) is 1.00. The van der Waals surface area contributed by atoms with Gasteiger partial charge in [0.1, 0.15) is 7.83 Å². The molecule has 1 nitrogen and oxygen atoms in total. The lowest BCUT2D eigenvalue weighted by atomic mass is 11.9. The smallest absolute Gasteiger partial charge is 0.154 e. The molecular formula is CH7NSi3. The van der Waals surface area contributed by atoms with E-state index < -0.39 is 7.83 Å². The highest BCUT2D eigenvalue weighted by atomic mass is 29.5. The predicted molar refractivity (Wildman–Crippen MR) is 30.4 cm³/mol. The lowest BCUT2D eigenvalue weighted by Gasteiger charge is -1.71. The molecule has 5 heavy (non-hydrogen) atoms. The van der Waals surface area contributed by atoms with Crippen LogP contribution in [0.1, 0.15) is 0 Å². The first-order chi connectivity index (χ1) is 2.27. The van der Waals surface area contributed by atoms with E-state index >= 15 is 0 Å². The van der Waals surface area contributed by atoms with Gasteiger partial charge < -0.3 is 0 Å². The lowest BCUT2D eigenvalue weighted by Crippen LogP contribution is -2.07. The van der Waals surface area contributed by atoms with E-state index in [1.165, 1.54) is 9.76 Å². The second kappa shape index (κ2) is 2.59. The molecule has 0 radical (unpaired) electrons. The van der Waals surface area contributed by atoms with E-state index in [4.69, 9.17) is 4.89 Å². The molecule has 0 aromatic rings. The number of hydrogen-bond donors (Lipinski definition) is 0. The average molecular weight is 117 g/mol. The summed E-state index contributed by atoms with van der Waals surface area (Å²) in [7, 11) is 1.16. The highest BCUT2D eigenvalue weighted by molar-refractivity contribution is 7.30. The van der Waals surface area contributed by atoms with Crippen LogP contribution in [0.5, 0.6) is 0 Å². The van der Waals surface area contributed by atoms with Crippen molar-refractivity contribution in [2.24, 2.45) is 0 Å². The first-order valence-corrected chi connectivity index (χ1v) is 10.2. The fourth-order valence-corrected chi connectivity index (χ4v) is 0. The SMILES string of the molecule is C[SiH]([SiH3])[Si]#N. The normalized spacial score (nSPS) is 13.6. The van der Waals surface area contributed by atoms with Gasteiger partial charge in [0, 0.05) is 9.76 Å². The van der Waals surface area contributed by atoms with Gasteiger partial charge in [0.15, 0.2) is 8.67 Å².